The van der Waals surface area contributed by atoms with Crippen molar-refractivity contribution in [3.05, 3.63) is 35.0 Å². The van der Waals surface area contributed by atoms with Crippen LogP contribution in [0.5, 0.6) is 5.75 Å². The summed E-state index contributed by atoms with van der Waals surface area (Å²) in [5.74, 6) is 0.0953. The zero-order valence-electron chi connectivity index (χ0n) is 11.3. The highest BCUT2D eigenvalue weighted by atomic mass is 16.3. The molecule has 0 aliphatic heterocycles. The maximum absolute atomic E-state index is 11.4. The fourth-order valence-electron chi connectivity index (χ4n) is 2.08. The summed E-state index contributed by atoms with van der Waals surface area (Å²) >= 11 is 0. The molecule has 1 amide bonds. The van der Waals surface area contributed by atoms with Crippen LogP contribution in [0.4, 0.5) is 11.5 Å². The van der Waals surface area contributed by atoms with Crippen LogP contribution in [0, 0.1) is 6.92 Å². The maximum atomic E-state index is 11.4. The van der Waals surface area contributed by atoms with E-state index in [1.807, 2.05) is 0 Å². The first-order valence-corrected chi connectivity index (χ1v) is 6.04. The maximum Gasteiger partial charge on any atom is 0.254 e. The number of carbonyl (C=O) groups is 1. The highest BCUT2D eigenvalue weighted by Crippen LogP contribution is 2.23. The normalized spacial score (nSPS) is 10.5. The van der Waals surface area contributed by atoms with E-state index in [0.29, 0.717) is 34.9 Å². The number of amides is 1. The average molecular weight is 275 g/mol. The first-order chi connectivity index (χ1) is 9.40. The first-order valence-electron chi connectivity index (χ1n) is 6.04. The Kier molecular flexibility index (Phi) is 3.51. The molecule has 7 heteroatoms. The number of nitrogens with one attached hydrogen (secondary N) is 1. The summed E-state index contributed by atoms with van der Waals surface area (Å²) in [5.41, 5.74) is 13.1. The number of nitrogens with zero attached hydrogens (tertiary/aromatic N) is 2. The van der Waals surface area contributed by atoms with Gasteiger partial charge in [-0.2, -0.15) is 5.10 Å². The van der Waals surface area contributed by atoms with E-state index in [-0.39, 0.29) is 5.75 Å². The van der Waals surface area contributed by atoms with Crippen molar-refractivity contribution in [1.82, 2.24) is 9.78 Å². The molecule has 0 radical (unpaired) electrons. The van der Waals surface area contributed by atoms with Gasteiger partial charge in [0.2, 0.25) is 0 Å². The molecular weight excluding hydrogens is 258 g/mol. The molecule has 0 saturated heterocycles. The molecule has 0 fully saturated rings. The van der Waals surface area contributed by atoms with Gasteiger partial charge >= 0.3 is 0 Å². The van der Waals surface area contributed by atoms with Gasteiger partial charge in [0.25, 0.3) is 5.91 Å². The second kappa shape index (κ2) is 5.12. The zero-order valence-corrected chi connectivity index (χ0v) is 11.3. The van der Waals surface area contributed by atoms with Gasteiger partial charge in [-0.15, -0.1) is 0 Å². The van der Waals surface area contributed by atoms with Gasteiger partial charge in [-0.25, -0.2) is 0 Å². The quantitative estimate of drug-likeness (QED) is 0.484. The number of nitrogen functional groups attached to an aromatic ring is 1. The van der Waals surface area contributed by atoms with Crippen molar-refractivity contribution in [2.24, 2.45) is 12.8 Å². The number of hydrogen-bond donors (Lipinski definition) is 4. The van der Waals surface area contributed by atoms with Crippen LogP contribution in [-0.4, -0.2) is 20.8 Å². The second-order valence-corrected chi connectivity index (χ2v) is 4.54. The molecule has 0 aliphatic carbocycles. The van der Waals surface area contributed by atoms with Crippen LogP contribution in [0.25, 0.3) is 0 Å². The van der Waals surface area contributed by atoms with Gasteiger partial charge in [0.05, 0.1) is 5.69 Å². The Balaban J connectivity index is 2.27. The zero-order chi connectivity index (χ0) is 14.9. The van der Waals surface area contributed by atoms with Crippen molar-refractivity contribution in [1.29, 1.82) is 0 Å². The van der Waals surface area contributed by atoms with E-state index in [1.54, 1.807) is 30.8 Å². The van der Waals surface area contributed by atoms with E-state index in [2.05, 4.69) is 10.4 Å². The topological polar surface area (TPSA) is 119 Å². The molecule has 7 nitrogen and oxygen atoms in total. The molecule has 6 N–H and O–H groups in total. The number of primary amides is 1. The number of aromatic nitrogens is 2. The fourth-order valence-corrected chi connectivity index (χ4v) is 2.08. The van der Waals surface area contributed by atoms with Gasteiger partial charge in [0, 0.05) is 24.8 Å². The van der Waals surface area contributed by atoms with Crippen molar-refractivity contribution >= 4 is 17.4 Å². The Morgan fingerprint density at radius 2 is 2.20 bits per heavy atom. The molecule has 20 heavy (non-hydrogen) atoms. The SMILES string of the molecule is Cc1nn(C)c(NCc2cc(N)ccc2O)c1C(N)=O. The molecule has 1 aromatic carbocycles. The Bertz CT molecular complexity index is 663. The van der Waals surface area contributed by atoms with Gasteiger partial charge < -0.3 is 21.9 Å². The second-order valence-electron chi connectivity index (χ2n) is 4.54. The Morgan fingerprint density at radius 3 is 2.85 bits per heavy atom. The molecule has 0 atom stereocenters. The third kappa shape index (κ3) is 2.51. The van der Waals surface area contributed by atoms with Gasteiger partial charge in [-0.05, 0) is 25.1 Å². The van der Waals surface area contributed by atoms with E-state index >= 15 is 0 Å². The number of phenols is 1. The highest BCUT2D eigenvalue weighted by Gasteiger charge is 2.17. The van der Waals surface area contributed by atoms with Crippen molar-refractivity contribution in [3.63, 3.8) is 0 Å². The van der Waals surface area contributed by atoms with Crippen molar-refractivity contribution < 1.29 is 9.90 Å². The smallest absolute Gasteiger partial charge is 0.254 e. The summed E-state index contributed by atoms with van der Waals surface area (Å²) in [6, 6.07) is 4.80. The lowest BCUT2D eigenvalue weighted by Crippen LogP contribution is -2.15. The molecule has 2 rings (SSSR count). The summed E-state index contributed by atoms with van der Waals surface area (Å²) in [7, 11) is 1.71. The number of aromatic hydroxyl groups is 1. The van der Waals surface area contributed by atoms with Gasteiger partial charge in [-0.1, -0.05) is 0 Å². The van der Waals surface area contributed by atoms with Crippen LogP contribution in [0.3, 0.4) is 0 Å². The average Bonchev–Trinajstić information content (AvgIpc) is 2.65. The van der Waals surface area contributed by atoms with Crippen LogP contribution >= 0.6 is 0 Å². The van der Waals surface area contributed by atoms with Crippen LogP contribution < -0.4 is 16.8 Å². The molecule has 0 aliphatic rings. The highest BCUT2D eigenvalue weighted by molar-refractivity contribution is 5.98. The Hall–Kier alpha value is -2.70. The summed E-state index contributed by atoms with van der Waals surface area (Å²) in [6.07, 6.45) is 0. The number of phenolic OH excluding ortho intramolecular Hbond substituents is 1. The summed E-state index contributed by atoms with van der Waals surface area (Å²) in [4.78, 5) is 11.4. The van der Waals surface area contributed by atoms with E-state index in [4.69, 9.17) is 11.5 Å². The van der Waals surface area contributed by atoms with Crippen LogP contribution in [-0.2, 0) is 13.6 Å². The van der Waals surface area contributed by atoms with Gasteiger partial charge in [0.15, 0.2) is 0 Å². The number of nitrogens with two attached hydrogens (primary N) is 2. The molecule has 0 spiro atoms. The predicted molar refractivity (Wildman–Crippen MR) is 76.3 cm³/mol. The summed E-state index contributed by atoms with van der Waals surface area (Å²) in [5, 5.41) is 17.0. The van der Waals surface area contributed by atoms with Crippen LogP contribution in [0.1, 0.15) is 21.6 Å². The number of aryl methyl sites for hydroxylation is 2. The minimum atomic E-state index is -0.546. The van der Waals surface area contributed by atoms with E-state index in [1.165, 1.54) is 6.07 Å². The van der Waals surface area contributed by atoms with Gasteiger partial charge in [-0.3, -0.25) is 9.48 Å². The molecule has 106 valence electrons. The number of carbonyl (C=O) groups excluding carboxylic acids is 1. The molecule has 1 aromatic heterocycles. The lowest BCUT2D eigenvalue weighted by Gasteiger charge is -2.10. The molecular formula is C13H17N5O2. The van der Waals surface area contributed by atoms with Crippen LogP contribution in [0.15, 0.2) is 18.2 Å². The third-order valence-electron chi connectivity index (χ3n) is 3.02. The number of benzene rings is 1. The molecule has 0 unspecified atom stereocenters. The minimum absolute atomic E-state index is 0.131. The standard InChI is InChI=1S/C13H17N5O2/c1-7-11(12(15)20)13(18(2)17-7)16-6-8-5-9(14)3-4-10(8)19/h3-5,16,19H,6,14H2,1-2H3,(H2,15,20). The Labute approximate surface area is 116 Å². The molecule has 1 heterocycles. The summed E-state index contributed by atoms with van der Waals surface area (Å²) in [6.45, 7) is 2.01. The van der Waals surface area contributed by atoms with Crippen molar-refractivity contribution in [3.8, 4) is 5.75 Å². The largest absolute Gasteiger partial charge is 0.508 e. The predicted octanol–water partition coefficient (Wildman–Crippen LogP) is 0.727. The monoisotopic (exact) mass is 275 g/mol. The van der Waals surface area contributed by atoms with E-state index in [9.17, 15) is 9.90 Å². The van der Waals surface area contributed by atoms with Crippen LogP contribution in [0.2, 0.25) is 0 Å². The number of hydrogen-bond acceptors (Lipinski definition) is 5. The fraction of sp³-hybridized carbons (Fsp3) is 0.231. The van der Waals surface area contributed by atoms with Crippen molar-refractivity contribution in [2.45, 2.75) is 13.5 Å². The minimum Gasteiger partial charge on any atom is -0.508 e. The lowest BCUT2D eigenvalue weighted by molar-refractivity contribution is 0.100. The number of rotatable bonds is 4. The van der Waals surface area contributed by atoms with Gasteiger partial charge in [0.1, 0.15) is 17.1 Å². The Morgan fingerprint density at radius 1 is 1.50 bits per heavy atom. The molecule has 2 aromatic rings. The molecule has 0 saturated carbocycles. The molecule has 0 bridgehead atoms. The van der Waals surface area contributed by atoms with E-state index < -0.39 is 5.91 Å². The first kappa shape index (κ1) is 13.7. The summed E-state index contributed by atoms with van der Waals surface area (Å²) < 4.78 is 1.54. The van der Waals surface area contributed by atoms with Crippen molar-refractivity contribution in [2.75, 3.05) is 11.1 Å². The van der Waals surface area contributed by atoms with E-state index in [0.717, 1.165) is 0 Å². The number of anilines is 2. The third-order valence-corrected chi connectivity index (χ3v) is 3.02. The lowest BCUT2D eigenvalue weighted by atomic mass is 10.1.